The van der Waals surface area contributed by atoms with Crippen LogP contribution in [0.3, 0.4) is 0 Å². The van der Waals surface area contributed by atoms with E-state index in [9.17, 15) is 43.7 Å². The fourth-order valence-electron chi connectivity index (χ4n) is 4.45. The van der Waals surface area contributed by atoms with Gasteiger partial charge in [-0.1, -0.05) is 18.2 Å². The molecule has 0 atom stereocenters. The van der Waals surface area contributed by atoms with Gasteiger partial charge >= 0.3 is 6.03 Å². The lowest BCUT2D eigenvalue weighted by molar-refractivity contribution is 0.259. The highest BCUT2D eigenvalue weighted by Crippen LogP contribution is 2.37. The molecular weight excluding hydrogens is 742 g/mol. The van der Waals surface area contributed by atoms with Gasteiger partial charge in [0.1, 0.15) is 21.2 Å². The van der Waals surface area contributed by atoms with Crippen LogP contribution in [0.4, 0.5) is 45.1 Å². The Labute approximate surface area is 288 Å². The summed E-state index contributed by atoms with van der Waals surface area (Å²) in [5.41, 5.74) is 5.45. The minimum Gasteiger partial charge on any atom is -0.351 e. The van der Waals surface area contributed by atoms with E-state index in [1.807, 2.05) is 30.3 Å². The third-order valence-corrected chi connectivity index (χ3v) is 9.41. The van der Waals surface area contributed by atoms with E-state index in [-0.39, 0.29) is 34.2 Å². The number of anilines is 5. The molecule has 2 amide bonds. The number of carbonyl (C=O) groups excluding carboxylic acids is 1. The average molecular weight is 764 g/mol. The molecule has 0 aliphatic heterocycles. The van der Waals surface area contributed by atoms with Crippen LogP contribution in [0.25, 0.3) is 10.8 Å². The summed E-state index contributed by atoms with van der Waals surface area (Å²) in [6, 6.07) is 14.7. The number of hydrogen-bond donors (Lipinski definition) is 6. The fourth-order valence-corrected chi connectivity index (χ4v) is 6.59. The summed E-state index contributed by atoms with van der Waals surface area (Å²) in [5, 5.41) is 11.9. The molecule has 0 fully saturated rings. The van der Waals surface area contributed by atoms with Gasteiger partial charge in [-0.3, -0.25) is 13.7 Å². The van der Waals surface area contributed by atoms with Crippen LogP contribution in [0.5, 0.6) is 0 Å². The van der Waals surface area contributed by atoms with Gasteiger partial charge < -0.3 is 21.3 Å². The van der Waals surface area contributed by atoms with Crippen molar-refractivity contribution in [3.63, 3.8) is 0 Å². The van der Waals surface area contributed by atoms with Crippen LogP contribution < -0.4 is 21.3 Å². The van der Waals surface area contributed by atoms with Crippen molar-refractivity contribution < 1.29 is 43.7 Å². The summed E-state index contributed by atoms with van der Waals surface area (Å²) in [6.45, 7) is 0. The lowest BCUT2D eigenvalue weighted by Crippen LogP contribution is -2.19. The predicted octanol–water partition coefficient (Wildman–Crippen LogP) is 4.84. The van der Waals surface area contributed by atoms with Gasteiger partial charge in [-0.25, -0.2) is 4.79 Å². The summed E-state index contributed by atoms with van der Waals surface area (Å²) < 4.78 is 101. The molecule has 0 aliphatic carbocycles. The van der Waals surface area contributed by atoms with Crippen LogP contribution in [0.1, 0.15) is 0 Å². The van der Waals surface area contributed by atoms with Crippen LogP contribution >= 0.6 is 11.6 Å². The molecule has 4 aromatic carbocycles. The van der Waals surface area contributed by atoms with Crippen molar-refractivity contribution in [1.29, 1.82) is 0 Å². The maximum atomic E-state index is 12.3. The van der Waals surface area contributed by atoms with Crippen molar-refractivity contribution in [3.05, 3.63) is 78.1 Å². The second-order valence-corrected chi connectivity index (χ2v) is 14.6. The zero-order valence-corrected chi connectivity index (χ0v) is 28.2. The Morgan fingerprint density at radius 1 is 0.800 bits per heavy atom. The number of azo groups is 1. The van der Waals surface area contributed by atoms with E-state index in [1.165, 1.54) is 18.2 Å². The monoisotopic (exact) mass is 763 g/mol. The van der Waals surface area contributed by atoms with Gasteiger partial charge in [-0.15, -0.1) is 10.2 Å². The van der Waals surface area contributed by atoms with E-state index < -0.39 is 67.5 Å². The Morgan fingerprint density at radius 2 is 1.46 bits per heavy atom. The Balaban J connectivity index is 1.57. The standard InChI is InChI=1S/C27H22ClN9O10S3/c1-37(16-5-3-2-4-6-16)27-33-24(28)32-26(34-27)30-15-7-8-19(20(11-15)31-25(29)38)35-36-21-13-18-14(10-23(21)50(45,46)47)9-17(48(39,40)41)12-22(18)49(42,43)44/h2-13H,1H3,(H3,29,31,38)(H,39,40,41)(H,42,43,44)(H,45,46,47)(H,30,32,33,34). The Morgan fingerprint density at radius 3 is 2.08 bits per heavy atom. The first-order valence-electron chi connectivity index (χ1n) is 13.4. The molecule has 0 radical (unpaired) electrons. The van der Waals surface area contributed by atoms with Gasteiger partial charge in [0.2, 0.25) is 17.2 Å². The molecule has 0 spiro atoms. The number of primary amides is 1. The maximum Gasteiger partial charge on any atom is 0.316 e. The van der Waals surface area contributed by atoms with Crippen LogP contribution in [-0.4, -0.2) is 66.9 Å². The first-order valence-corrected chi connectivity index (χ1v) is 18.1. The molecule has 1 heterocycles. The van der Waals surface area contributed by atoms with E-state index in [1.54, 1.807) is 11.9 Å². The molecule has 0 saturated carbocycles. The number of nitrogens with two attached hydrogens (primary N) is 1. The second kappa shape index (κ2) is 13.5. The lowest BCUT2D eigenvalue weighted by atomic mass is 10.1. The molecule has 50 heavy (non-hydrogen) atoms. The van der Waals surface area contributed by atoms with Gasteiger partial charge in [0.05, 0.1) is 10.6 Å². The summed E-state index contributed by atoms with van der Waals surface area (Å²) in [4.78, 5) is 23.0. The van der Waals surface area contributed by atoms with Crippen molar-refractivity contribution in [2.75, 3.05) is 22.6 Å². The Hall–Kier alpha value is -5.36. The average Bonchev–Trinajstić information content (AvgIpc) is 3.01. The van der Waals surface area contributed by atoms with Crippen molar-refractivity contribution in [2.45, 2.75) is 14.7 Å². The van der Waals surface area contributed by atoms with Gasteiger partial charge in [0, 0.05) is 23.8 Å². The number of amides is 2. The van der Waals surface area contributed by atoms with Crippen LogP contribution in [-0.2, 0) is 30.4 Å². The van der Waals surface area contributed by atoms with E-state index in [0.717, 1.165) is 11.8 Å². The summed E-state index contributed by atoms with van der Waals surface area (Å²) in [5.74, 6) is 0.193. The molecular formula is C27H22ClN9O10S3. The number of urea groups is 1. The topological polar surface area (TPSA) is 297 Å². The van der Waals surface area contributed by atoms with Crippen LogP contribution in [0, 0.1) is 0 Å². The molecule has 7 N–H and O–H groups in total. The third kappa shape index (κ3) is 8.25. The number of fused-ring (bicyclic) bond motifs is 1. The lowest BCUT2D eigenvalue weighted by Gasteiger charge is -2.18. The number of para-hydroxylation sites is 1. The van der Waals surface area contributed by atoms with Crippen molar-refractivity contribution in [3.8, 4) is 0 Å². The SMILES string of the molecule is CN(c1ccccc1)c1nc(Cl)nc(Nc2ccc(N=Nc3cc4c(S(=O)(=O)O)cc(S(=O)(=O)O)cc4cc3S(=O)(=O)O)c(NC(N)=O)c2)n1. The third-order valence-electron chi connectivity index (χ3n) is 6.64. The first kappa shape index (κ1) is 35.9. The van der Waals surface area contributed by atoms with Crippen molar-refractivity contribution in [1.82, 2.24) is 15.0 Å². The molecule has 1 aromatic heterocycles. The highest BCUT2D eigenvalue weighted by atomic mass is 35.5. The van der Waals surface area contributed by atoms with Gasteiger partial charge in [0.25, 0.3) is 30.4 Å². The quantitative estimate of drug-likeness (QED) is 0.0819. The number of carbonyl (C=O) groups is 1. The normalized spacial score (nSPS) is 12.3. The number of nitrogens with one attached hydrogen (secondary N) is 2. The summed E-state index contributed by atoms with van der Waals surface area (Å²) in [7, 11) is -13.6. The number of benzene rings is 4. The van der Waals surface area contributed by atoms with Crippen molar-refractivity contribution >= 4 is 99.1 Å². The molecule has 0 unspecified atom stereocenters. The van der Waals surface area contributed by atoms with Gasteiger partial charge in [-0.05, 0) is 71.6 Å². The highest BCUT2D eigenvalue weighted by Gasteiger charge is 2.25. The summed E-state index contributed by atoms with van der Waals surface area (Å²) >= 11 is 6.14. The first-order chi connectivity index (χ1) is 23.3. The minimum absolute atomic E-state index is 0.00272. The molecule has 0 bridgehead atoms. The zero-order valence-electron chi connectivity index (χ0n) is 25.0. The summed E-state index contributed by atoms with van der Waals surface area (Å²) in [6.07, 6.45) is 0. The number of rotatable bonds is 10. The number of nitrogens with zero attached hydrogens (tertiary/aromatic N) is 6. The predicted molar refractivity (Wildman–Crippen MR) is 180 cm³/mol. The van der Waals surface area contributed by atoms with Crippen molar-refractivity contribution in [2.24, 2.45) is 16.0 Å². The molecule has 19 nitrogen and oxygen atoms in total. The minimum atomic E-state index is -5.17. The van der Waals surface area contributed by atoms with Gasteiger partial charge in [0.15, 0.2) is 0 Å². The van der Waals surface area contributed by atoms with Crippen LogP contribution in [0.2, 0.25) is 5.28 Å². The Kier molecular flexibility index (Phi) is 9.71. The van der Waals surface area contributed by atoms with Crippen LogP contribution in [0.15, 0.2) is 97.7 Å². The molecule has 0 saturated heterocycles. The smallest absolute Gasteiger partial charge is 0.316 e. The second-order valence-electron chi connectivity index (χ2n) is 10.1. The molecule has 260 valence electrons. The fraction of sp³-hybridized carbons (Fsp3) is 0.0370. The van der Waals surface area contributed by atoms with Gasteiger partial charge in [-0.2, -0.15) is 40.2 Å². The van der Waals surface area contributed by atoms with E-state index in [2.05, 4.69) is 35.8 Å². The molecule has 5 aromatic rings. The largest absolute Gasteiger partial charge is 0.351 e. The number of halogens is 1. The zero-order chi connectivity index (χ0) is 36.6. The van der Waals surface area contributed by atoms with E-state index in [4.69, 9.17) is 17.3 Å². The number of aromatic nitrogens is 3. The molecule has 5 rings (SSSR count). The van der Waals surface area contributed by atoms with E-state index in [0.29, 0.717) is 18.2 Å². The maximum absolute atomic E-state index is 12.3. The van der Waals surface area contributed by atoms with E-state index >= 15 is 0 Å². The number of hydrogen-bond acceptors (Lipinski definition) is 14. The Bertz CT molecular complexity index is 2540. The molecule has 0 aliphatic rings. The highest BCUT2D eigenvalue weighted by molar-refractivity contribution is 7.87. The molecule has 23 heteroatoms.